The molecule has 0 aromatic heterocycles. The molecule has 1 fully saturated rings. The molecule has 166 valence electrons. The Hall–Kier alpha value is -3.36. The lowest BCUT2D eigenvalue weighted by Crippen LogP contribution is -2.18. The van der Waals surface area contributed by atoms with Gasteiger partial charge in [0.2, 0.25) is 5.91 Å². The summed E-state index contributed by atoms with van der Waals surface area (Å²) in [6, 6.07) is 8.68. The first-order valence-electron chi connectivity index (χ1n) is 9.60. The fraction of sp³-hybridized carbons (Fsp3) is 0.364. The van der Waals surface area contributed by atoms with Crippen molar-refractivity contribution in [2.45, 2.75) is 26.6 Å². The zero-order valence-corrected chi connectivity index (χ0v) is 17.3. The number of alkyl halides is 2. The third-order valence-electron chi connectivity index (χ3n) is 4.97. The van der Waals surface area contributed by atoms with Crippen LogP contribution in [0.5, 0.6) is 17.2 Å². The zero-order valence-electron chi connectivity index (χ0n) is 17.3. The minimum Gasteiger partial charge on any atom is -0.493 e. The van der Waals surface area contributed by atoms with Crippen LogP contribution in [0.15, 0.2) is 36.4 Å². The third kappa shape index (κ3) is 5.62. The summed E-state index contributed by atoms with van der Waals surface area (Å²) in [6.07, 6.45) is 0.796. The first-order valence-corrected chi connectivity index (χ1v) is 9.60. The molecule has 0 radical (unpaired) electrons. The van der Waals surface area contributed by atoms with Crippen LogP contribution in [0.4, 0.5) is 14.5 Å². The minimum atomic E-state index is -2.92. The first kappa shape index (κ1) is 22.3. The highest BCUT2D eigenvalue weighted by Gasteiger charge is 2.39. The molecule has 0 aliphatic heterocycles. The Morgan fingerprint density at radius 3 is 2.26 bits per heavy atom. The molecule has 2 aromatic rings. The Bertz CT molecular complexity index is 948. The van der Waals surface area contributed by atoms with Crippen molar-refractivity contribution in [3.63, 3.8) is 0 Å². The van der Waals surface area contributed by atoms with Crippen LogP contribution in [0.25, 0.3) is 0 Å². The van der Waals surface area contributed by atoms with Gasteiger partial charge in [0.15, 0.2) is 11.5 Å². The van der Waals surface area contributed by atoms with Gasteiger partial charge in [-0.05, 0) is 30.0 Å². The number of rotatable bonds is 9. The summed E-state index contributed by atoms with van der Waals surface area (Å²) in [5.41, 5.74) is 0.942. The molecule has 2 unspecified atom stereocenters. The predicted octanol–water partition coefficient (Wildman–Crippen LogP) is 4.26. The van der Waals surface area contributed by atoms with Gasteiger partial charge in [-0.1, -0.05) is 19.1 Å². The molecule has 2 aromatic carbocycles. The Balaban J connectivity index is 1.75. The van der Waals surface area contributed by atoms with Crippen LogP contribution in [0.3, 0.4) is 0 Å². The van der Waals surface area contributed by atoms with E-state index in [1.165, 1.54) is 50.6 Å². The zero-order chi connectivity index (χ0) is 22.5. The summed E-state index contributed by atoms with van der Waals surface area (Å²) >= 11 is 0. The summed E-state index contributed by atoms with van der Waals surface area (Å²) < 4.78 is 44.6. The van der Waals surface area contributed by atoms with Gasteiger partial charge in [0.05, 0.1) is 25.5 Å². The highest BCUT2D eigenvalue weighted by Crippen LogP contribution is 2.40. The van der Waals surface area contributed by atoms with Gasteiger partial charge in [-0.25, -0.2) is 4.79 Å². The van der Waals surface area contributed by atoms with E-state index in [1.54, 1.807) is 0 Å². The molecule has 31 heavy (non-hydrogen) atoms. The molecule has 3 rings (SSSR count). The van der Waals surface area contributed by atoms with Crippen molar-refractivity contribution in [3.05, 3.63) is 47.5 Å². The van der Waals surface area contributed by atoms with Crippen LogP contribution >= 0.6 is 0 Å². The van der Waals surface area contributed by atoms with Crippen LogP contribution < -0.4 is 19.5 Å². The third-order valence-corrected chi connectivity index (χ3v) is 4.97. The average molecular weight is 435 g/mol. The van der Waals surface area contributed by atoms with E-state index in [4.69, 9.17) is 14.2 Å². The summed E-state index contributed by atoms with van der Waals surface area (Å²) in [5, 5.41) is 2.77. The van der Waals surface area contributed by atoms with Crippen molar-refractivity contribution in [1.82, 2.24) is 0 Å². The molecule has 9 heteroatoms. The molecule has 1 amide bonds. The molecule has 0 saturated heterocycles. The Morgan fingerprint density at radius 2 is 1.71 bits per heavy atom. The monoisotopic (exact) mass is 435 g/mol. The highest BCUT2D eigenvalue weighted by molar-refractivity contribution is 6.03. The number of ether oxygens (including phenoxy) is 4. The van der Waals surface area contributed by atoms with Crippen molar-refractivity contribution >= 4 is 17.6 Å². The molecule has 1 N–H and O–H groups in total. The van der Waals surface area contributed by atoms with Crippen molar-refractivity contribution < 1.29 is 37.3 Å². The maximum atomic E-state index is 12.8. The number of benzene rings is 2. The summed E-state index contributed by atoms with van der Waals surface area (Å²) in [4.78, 5) is 25.2. The Labute approximate surface area is 178 Å². The molecular formula is C22H23F2NO6. The fourth-order valence-corrected chi connectivity index (χ4v) is 3.06. The number of carbonyl (C=O) groups excluding carboxylic acids is 2. The van der Waals surface area contributed by atoms with Crippen LogP contribution in [0, 0.1) is 11.8 Å². The number of nitrogens with one attached hydrogen (secondary N) is 1. The van der Waals surface area contributed by atoms with Gasteiger partial charge in [0.25, 0.3) is 0 Å². The predicted molar refractivity (Wildman–Crippen MR) is 108 cm³/mol. The topological polar surface area (TPSA) is 83.1 Å². The van der Waals surface area contributed by atoms with Crippen LogP contribution in [-0.2, 0) is 16.1 Å². The van der Waals surface area contributed by atoms with E-state index in [1.807, 2.05) is 6.92 Å². The van der Waals surface area contributed by atoms with Gasteiger partial charge >= 0.3 is 12.6 Å². The van der Waals surface area contributed by atoms with Gasteiger partial charge < -0.3 is 24.3 Å². The number of hydrogen-bond acceptors (Lipinski definition) is 6. The summed E-state index contributed by atoms with van der Waals surface area (Å²) in [5.74, 6) is 0.00715. The van der Waals surface area contributed by atoms with Crippen molar-refractivity contribution in [2.75, 3.05) is 19.5 Å². The largest absolute Gasteiger partial charge is 0.493 e. The van der Waals surface area contributed by atoms with E-state index in [0.717, 1.165) is 6.42 Å². The second-order valence-electron chi connectivity index (χ2n) is 7.16. The molecular weight excluding hydrogens is 412 g/mol. The number of carbonyl (C=O) groups is 2. The van der Waals surface area contributed by atoms with Crippen LogP contribution in [0.1, 0.15) is 29.3 Å². The van der Waals surface area contributed by atoms with E-state index >= 15 is 0 Å². The lowest BCUT2D eigenvalue weighted by atomic mass is 10.1. The summed E-state index contributed by atoms with van der Waals surface area (Å²) in [6.45, 7) is -1.04. The second-order valence-corrected chi connectivity index (χ2v) is 7.16. The molecule has 0 bridgehead atoms. The molecule has 0 heterocycles. The summed E-state index contributed by atoms with van der Waals surface area (Å²) in [7, 11) is 2.88. The van der Waals surface area contributed by atoms with Crippen molar-refractivity contribution in [1.29, 1.82) is 0 Å². The van der Waals surface area contributed by atoms with Crippen molar-refractivity contribution in [2.24, 2.45) is 11.8 Å². The number of methoxy groups -OCH3 is 2. The SMILES string of the molecule is COc1cc(NC(=O)C2CC2C)c(C(=O)OCc2ccc(OC(F)F)cc2)cc1OC. The van der Waals surface area contributed by atoms with E-state index in [2.05, 4.69) is 10.1 Å². The number of esters is 1. The van der Waals surface area contributed by atoms with Gasteiger partial charge in [0.1, 0.15) is 12.4 Å². The number of anilines is 1. The molecule has 2 atom stereocenters. The molecule has 1 aliphatic carbocycles. The van der Waals surface area contributed by atoms with Crippen LogP contribution in [0.2, 0.25) is 0 Å². The molecule has 1 saturated carbocycles. The Morgan fingerprint density at radius 1 is 1.10 bits per heavy atom. The van der Waals surface area contributed by atoms with E-state index < -0.39 is 12.6 Å². The van der Waals surface area contributed by atoms with Crippen molar-refractivity contribution in [3.8, 4) is 17.2 Å². The fourth-order valence-electron chi connectivity index (χ4n) is 3.06. The van der Waals surface area contributed by atoms with E-state index in [-0.39, 0.29) is 35.4 Å². The maximum Gasteiger partial charge on any atom is 0.387 e. The minimum absolute atomic E-state index is 0.00395. The average Bonchev–Trinajstić information content (AvgIpc) is 3.49. The van der Waals surface area contributed by atoms with Gasteiger partial charge in [-0.2, -0.15) is 8.78 Å². The molecule has 1 aliphatic rings. The number of hydrogen-bond donors (Lipinski definition) is 1. The van der Waals surface area contributed by atoms with Gasteiger partial charge in [-0.3, -0.25) is 4.79 Å². The number of halogens is 2. The molecule has 7 nitrogen and oxygen atoms in total. The lowest BCUT2D eigenvalue weighted by molar-refractivity contribution is -0.117. The first-order chi connectivity index (χ1) is 14.8. The lowest BCUT2D eigenvalue weighted by Gasteiger charge is -2.15. The maximum absolute atomic E-state index is 12.8. The van der Waals surface area contributed by atoms with Gasteiger partial charge in [0, 0.05) is 18.1 Å². The van der Waals surface area contributed by atoms with Crippen LogP contribution in [-0.4, -0.2) is 32.7 Å². The molecule has 0 spiro atoms. The van der Waals surface area contributed by atoms with E-state index in [9.17, 15) is 18.4 Å². The standard InChI is InChI=1S/C22H23F2NO6/c1-12-8-15(12)20(26)25-17-10-19(29-3)18(28-2)9-16(17)21(27)30-11-13-4-6-14(7-5-13)31-22(23)24/h4-7,9-10,12,15,22H,8,11H2,1-3H3,(H,25,26). The van der Waals surface area contributed by atoms with Gasteiger partial charge in [-0.15, -0.1) is 0 Å². The smallest absolute Gasteiger partial charge is 0.387 e. The van der Waals surface area contributed by atoms with E-state index in [0.29, 0.717) is 23.0 Å². The normalized spacial score (nSPS) is 17.1. The highest BCUT2D eigenvalue weighted by atomic mass is 19.3. The number of amides is 1. The second kappa shape index (κ2) is 9.63. The Kier molecular flexibility index (Phi) is 6.94. The quantitative estimate of drug-likeness (QED) is 0.593.